The van der Waals surface area contributed by atoms with E-state index in [9.17, 15) is 0 Å². The molecule has 0 aromatic heterocycles. The van der Waals surface area contributed by atoms with Crippen molar-refractivity contribution in [1.29, 1.82) is 0 Å². The highest BCUT2D eigenvalue weighted by molar-refractivity contribution is 5.75. The lowest BCUT2D eigenvalue weighted by molar-refractivity contribution is 0.282. The number of hydrogen-bond donors (Lipinski definition) is 1. The van der Waals surface area contributed by atoms with Gasteiger partial charge in [-0.2, -0.15) is 0 Å². The van der Waals surface area contributed by atoms with E-state index in [0.29, 0.717) is 6.61 Å². The molecule has 0 spiro atoms. The summed E-state index contributed by atoms with van der Waals surface area (Å²) in [6.07, 6.45) is 13.3. The minimum absolute atomic E-state index is 0. The molecule has 1 N–H and O–H groups in total. The van der Waals surface area contributed by atoms with Crippen LogP contribution >= 0.6 is 0 Å². The van der Waals surface area contributed by atoms with E-state index in [-0.39, 0.29) is 11.0 Å². The minimum Gasteiger partial charge on any atom is -0.396 e. The maximum atomic E-state index is 8.57. The lowest BCUT2D eigenvalue weighted by Crippen LogP contribution is -1.84. The molecule has 14 heavy (non-hydrogen) atoms. The molecule has 0 bridgehead atoms. The quantitative estimate of drug-likeness (QED) is 0.441. The van der Waals surface area contributed by atoms with Gasteiger partial charge in [-0.25, -0.2) is 0 Å². The Labute approximate surface area is 94.3 Å². The Morgan fingerprint density at radius 1 is 0.643 bits per heavy atom. The highest BCUT2D eigenvalue weighted by Gasteiger charge is 1.91. The van der Waals surface area contributed by atoms with Gasteiger partial charge in [-0.3, -0.25) is 0 Å². The fourth-order valence-electron chi connectivity index (χ4n) is 1.60. The van der Waals surface area contributed by atoms with Crippen molar-refractivity contribution in [1.82, 2.24) is 0 Å². The van der Waals surface area contributed by atoms with Crippen LogP contribution < -0.4 is 0 Å². The van der Waals surface area contributed by atoms with Crippen molar-refractivity contribution in [3.63, 3.8) is 0 Å². The number of aliphatic hydroxyl groups excluding tert-OH is 1. The molecule has 0 aliphatic carbocycles. The zero-order valence-corrected chi connectivity index (χ0v) is 9.23. The highest BCUT2D eigenvalue weighted by Crippen LogP contribution is 2.09. The topological polar surface area (TPSA) is 20.2 Å². The van der Waals surface area contributed by atoms with E-state index in [1.807, 2.05) is 0 Å². The molecule has 0 saturated carbocycles. The normalized spacial score (nSPS) is 9.86. The largest absolute Gasteiger partial charge is 0.396 e. The zero-order chi connectivity index (χ0) is 9.78. The summed E-state index contributed by atoms with van der Waals surface area (Å²) in [5.74, 6) is 0. The van der Waals surface area contributed by atoms with Crippen LogP contribution in [0.5, 0.6) is 0 Å². The molecule has 0 rings (SSSR count). The first-order valence-corrected chi connectivity index (χ1v) is 6.02. The van der Waals surface area contributed by atoms with Crippen LogP contribution in [-0.4, -0.2) is 22.7 Å². The Balaban J connectivity index is 0. The summed E-state index contributed by atoms with van der Waals surface area (Å²) in [6.45, 7) is 2.63. The van der Waals surface area contributed by atoms with E-state index in [1.165, 1.54) is 57.8 Å². The molecule has 0 radical (unpaired) electrons. The van der Waals surface area contributed by atoms with Crippen molar-refractivity contribution >= 4 is 11.0 Å². The highest BCUT2D eigenvalue weighted by atomic mass is 28.1. The lowest BCUT2D eigenvalue weighted by atomic mass is 10.1. The SMILES string of the molecule is CCCCCCCCCCCCO.[SiH4]. The summed E-state index contributed by atoms with van der Waals surface area (Å²) >= 11 is 0. The summed E-state index contributed by atoms with van der Waals surface area (Å²) in [5, 5.41) is 8.57. The maximum absolute atomic E-state index is 8.57. The Morgan fingerprint density at radius 3 is 1.36 bits per heavy atom. The van der Waals surface area contributed by atoms with Gasteiger partial charge in [-0.1, -0.05) is 64.7 Å². The van der Waals surface area contributed by atoms with Crippen LogP contribution in [0.2, 0.25) is 0 Å². The van der Waals surface area contributed by atoms with E-state index in [1.54, 1.807) is 0 Å². The summed E-state index contributed by atoms with van der Waals surface area (Å²) in [6, 6.07) is 0. The third-order valence-corrected chi connectivity index (χ3v) is 2.51. The van der Waals surface area contributed by atoms with Crippen LogP contribution in [0.15, 0.2) is 0 Å². The third-order valence-electron chi connectivity index (χ3n) is 2.51. The van der Waals surface area contributed by atoms with E-state index in [2.05, 4.69) is 6.92 Å². The monoisotopic (exact) mass is 218 g/mol. The first-order chi connectivity index (χ1) is 6.41. The number of hydrogen-bond acceptors (Lipinski definition) is 1. The second-order valence-electron chi connectivity index (χ2n) is 3.91. The van der Waals surface area contributed by atoms with Crippen LogP contribution in [-0.2, 0) is 0 Å². The summed E-state index contributed by atoms with van der Waals surface area (Å²) in [7, 11) is 0. The average Bonchev–Trinajstić information content (AvgIpc) is 2.16. The Morgan fingerprint density at radius 2 is 1.00 bits per heavy atom. The maximum Gasteiger partial charge on any atom is 0.0431 e. The molecular formula is C12H30OSi. The van der Waals surface area contributed by atoms with Crippen molar-refractivity contribution in [2.75, 3.05) is 6.61 Å². The smallest absolute Gasteiger partial charge is 0.0431 e. The molecule has 1 nitrogen and oxygen atoms in total. The Hall–Kier alpha value is 0.177. The van der Waals surface area contributed by atoms with Crippen LogP contribution in [0.4, 0.5) is 0 Å². The predicted octanol–water partition coefficient (Wildman–Crippen LogP) is 2.45. The van der Waals surface area contributed by atoms with Crippen LogP contribution in [0.1, 0.15) is 71.1 Å². The van der Waals surface area contributed by atoms with E-state index >= 15 is 0 Å². The standard InChI is InChI=1S/C12H26O.H4Si/c1-2-3-4-5-6-7-8-9-10-11-12-13;/h13H,2-12H2,1H3;1H4. The molecule has 0 unspecified atom stereocenters. The van der Waals surface area contributed by atoms with Gasteiger partial charge in [-0.05, 0) is 17.4 Å². The molecule has 0 saturated heterocycles. The molecule has 0 atom stereocenters. The fourth-order valence-corrected chi connectivity index (χ4v) is 1.60. The van der Waals surface area contributed by atoms with Crippen LogP contribution in [0.3, 0.4) is 0 Å². The van der Waals surface area contributed by atoms with Crippen molar-refractivity contribution in [3.8, 4) is 0 Å². The first kappa shape index (κ1) is 16.6. The Kier molecular flexibility index (Phi) is 18.5. The summed E-state index contributed by atoms with van der Waals surface area (Å²) in [5.41, 5.74) is 0. The van der Waals surface area contributed by atoms with E-state index in [0.717, 1.165) is 6.42 Å². The third kappa shape index (κ3) is 14.7. The molecule has 2 heteroatoms. The lowest BCUT2D eigenvalue weighted by Gasteiger charge is -2.00. The van der Waals surface area contributed by atoms with Gasteiger partial charge < -0.3 is 5.11 Å². The summed E-state index contributed by atoms with van der Waals surface area (Å²) < 4.78 is 0. The van der Waals surface area contributed by atoms with Crippen molar-refractivity contribution in [2.24, 2.45) is 0 Å². The molecule has 0 fully saturated rings. The van der Waals surface area contributed by atoms with Gasteiger partial charge >= 0.3 is 0 Å². The molecule has 0 amide bonds. The second kappa shape index (κ2) is 15.6. The summed E-state index contributed by atoms with van der Waals surface area (Å²) in [4.78, 5) is 0. The van der Waals surface area contributed by atoms with Gasteiger partial charge in [0, 0.05) is 6.61 Å². The first-order valence-electron chi connectivity index (χ1n) is 6.02. The van der Waals surface area contributed by atoms with Gasteiger partial charge in [0.2, 0.25) is 0 Å². The minimum atomic E-state index is 0. The number of rotatable bonds is 10. The van der Waals surface area contributed by atoms with Gasteiger partial charge in [0.25, 0.3) is 0 Å². The van der Waals surface area contributed by atoms with Crippen molar-refractivity contribution in [3.05, 3.63) is 0 Å². The van der Waals surface area contributed by atoms with Crippen LogP contribution in [0, 0.1) is 0 Å². The van der Waals surface area contributed by atoms with Crippen LogP contribution in [0.25, 0.3) is 0 Å². The molecule has 0 aromatic carbocycles. The van der Waals surface area contributed by atoms with E-state index < -0.39 is 0 Å². The molecule has 0 aliphatic heterocycles. The van der Waals surface area contributed by atoms with Gasteiger partial charge in [-0.15, -0.1) is 0 Å². The molecule has 0 aliphatic rings. The molecule has 88 valence electrons. The van der Waals surface area contributed by atoms with Gasteiger partial charge in [0.05, 0.1) is 0 Å². The average molecular weight is 218 g/mol. The van der Waals surface area contributed by atoms with Gasteiger partial charge in [0.15, 0.2) is 0 Å². The predicted molar refractivity (Wildman–Crippen MR) is 70.3 cm³/mol. The molecular weight excluding hydrogens is 188 g/mol. The number of unbranched alkanes of at least 4 members (excludes halogenated alkanes) is 9. The van der Waals surface area contributed by atoms with Crippen molar-refractivity contribution in [2.45, 2.75) is 71.1 Å². The van der Waals surface area contributed by atoms with E-state index in [4.69, 9.17) is 5.11 Å². The number of aliphatic hydroxyl groups is 1. The van der Waals surface area contributed by atoms with Crippen molar-refractivity contribution < 1.29 is 5.11 Å². The molecule has 0 aromatic rings. The second-order valence-corrected chi connectivity index (χ2v) is 3.91. The fraction of sp³-hybridized carbons (Fsp3) is 1.00. The van der Waals surface area contributed by atoms with Gasteiger partial charge in [0.1, 0.15) is 0 Å². The zero-order valence-electron chi connectivity index (χ0n) is 9.23. The Bertz CT molecular complexity index is 76.4. The molecule has 0 heterocycles.